The molecule has 0 bridgehead atoms. The van der Waals surface area contributed by atoms with E-state index in [0.29, 0.717) is 0 Å². The minimum atomic E-state index is 0.166. The predicted octanol–water partition coefficient (Wildman–Crippen LogP) is 2.47. The van der Waals surface area contributed by atoms with E-state index in [1.807, 2.05) is 28.2 Å². The van der Waals surface area contributed by atoms with Gasteiger partial charge in [0.1, 0.15) is 0 Å². The molecule has 2 saturated heterocycles. The van der Waals surface area contributed by atoms with Crippen molar-refractivity contribution in [2.24, 2.45) is 0 Å². The number of nitrogens with zero attached hydrogens (tertiary/aromatic N) is 3. The van der Waals surface area contributed by atoms with Crippen molar-refractivity contribution in [2.45, 2.75) is 26.3 Å². The van der Waals surface area contributed by atoms with Crippen molar-refractivity contribution in [3.05, 3.63) is 34.6 Å². The van der Waals surface area contributed by atoms with E-state index in [4.69, 9.17) is 9.47 Å². The SMILES string of the molecule is C1CN(CN2CCOCC2)CCO1.CCCCn1sc2ccccc2c1=O. The molecule has 3 heterocycles. The summed E-state index contributed by atoms with van der Waals surface area (Å²) in [6.07, 6.45) is 2.20. The third kappa shape index (κ3) is 6.12. The summed E-state index contributed by atoms with van der Waals surface area (Å²) in [4.78, 5) is 16.7. The first-order valence-electron chi connectivity index (χ1n) is 9.97. The lowest BCUT2D eigenvalue weighted by molar-refractivity contribution is -0.0229. The van der Waals surface area contributed by atoms with Crippen LogP contribution in [0.2, 0.25) is 0 Å². The van der Waals surface area contributed by atoms with E-state index in [9.17, 15) is 4.79 Å². The number of hydrogen-bond donors (Lipinski definition) is 0. The Bertz CT molecular complexity index is 717. The molecule has 0 aliphatic carbocycles. The number of aromatic nitrogens is 1. The number of fused-ring (bicyclic) bond motifs is 1. The molecule has 6 nitrogen and oxygen atoms in total. The molecule has 27 heavy (non-hydrogen) atoms. The molecule has 2 aromatic rings. The predicted molar refractivity (Wildman–Crippen MR) is 111 cm³/mol. The Morgan fingerprint density at radius 2 is 1.56 bits per heavy atom. The molecule has 0 unspecified atom stereocenters. The van der Waals surface area contributed by atoms with Gasteiger partial charge in [0, 0.05) is 32.7 Å². The van der Waals surface area contributed by atoms with Gasteiger partial charge in [-0.05, 0) is 18.6 Å². The second-order valence-corrected chi connectivity index (χ2v) is 8.01. The van der Waals surface area contributed by atoms with Gasteiger partial charge in [-0.2, -0.15) is 0 Å². The van der Waals surface area contributed by atoms with Gasteiger partial charge in [-0.3, -0.25) is 18.6 Å². The maximum atomic E-state index is 11.8. The van der Waals surface area contributed by atoms with Crippen LogP contribution in [0.25, 0.3) is 10.1 Å². The van der Waals surface area contributed by atoms with E-state index in [0.717, 1.165) is 88.7 Å². The lowest BCUT2D eigenvalue weighted by Crippen LogP contribution is -2.47. The van der Waals surface area contributed by atoms with Crippen LogP contribution in [0.1, 0.15) is 19.8 Å². The number of ether oxygens (including phenoxy) is 2. The molecule has 7 heteroatoms. The summed E-state index contributed by atoms with van der Waals surface area (Å²) < 4.78 is 13.6. The van der Waals surface area contributed by atoms with Crippen molar-refractivity contribution in [1.29, 1.82) is 0 Å². The van der Waals surface area contributed by atoms with Crippen molar-refractivity contribution in [2.75, 3.05) is 59.3 Å². The van der Waals surface area contributed by atoms with Crippen LogP contribution >= 0.6 is 11.5 Å². The van der Waals surface area contributed by atoms with Gasteiger partial charge >= 0.3 is 0 Å². The first-order chi connectivity index (χ1) is 13.3. The third-order valence-corrected chi connectivity index (χ3v) is 6.00. The van der Waals surface area contributed by atoms with E-state index in [2.05, 4.69) is 16.7 Å². The highest BCUT2D eigenvalue weighted by molar-refractivity contribution is 7.13. The highest BCUT2D eigenvalue weighted by Crippen LogP contribution is 2.16. The van der Waals surface area contributed by atoms with Crippen molar-refractivity contribution in [3.8, 4) is 0 Å². The molecular weight excluding hydrogens is 362 g/mol. The number of morpholine rings is 2. The molecule has 2 fully saturated rings. The van der Waals surface area contributed by atoms with Crippen molar-refractivity contribution < 1.29 is 9.47 Å². The summed E-state index contributed by atoms with van der Waals surface area (Å²) in [6.45, 7) is 12.0. The van der Waals surface area contributed by atoms with Crippen molar-refractivity contribution >= 4 is 21.6 Å². The normalized spacial score (nSPS) is 19.0. The van der Waals surface area contributed by atoms with E-state index in [1.165, 1.54) is 0 Å². The van der Waals surface area contributed by atoms with Gasteiger partial charge in [-0.15, -0.1) is 0 Å². The zero-order valence-corrected chi connectivity index (χ0v) is 17.1. The molecule has 150 valence electrons. The third-order valence-electron chi connectivity index (χ3n) is 4.87. The summed E-state index contributed by atoms with van der Waals surface area (Å²) in [5.41, 5.74) is 0.166. The molecule has 0 spiro atoms. The Morgan fingerprint density at radius 3 is 2.11 bits per heavy atom. The molecule has 1 aromatic heterocycles. The van der Waals surface area contributed by atoms with Crippen LogP contribution in [0.3, 0.4) is 0 Å². The lowest BCUT2D eigenvalue weighted by atomic mass is 10.3. The van der Waals surface area contributed by atoms with E-state index >= 15 is 0 Å². The number of rotatable bonds is 5. The standard InChI is InChI=1S/C11H13NOS.C9H18N2O2/c1-2-3-8-12-11(13)9-6-4-5-7-10(9)14-12;1-5-12-6-2-10(1)9-11-3-7-13-8-4-11/h4-7H,2-3,8H2,1H3;1-9H2. The Kier molecular flexibility index (Phi) is 8.29. The van der Waals surface area contributed by atoms with Gasteiger partial charge in [0.15, 0.2) is 0 Å². The molecule has 0 N–H and O–H groups in total. The van der Waals surface area contributed by atoms with E-state index < -0.39 is 0 Å². The Balaban J connectivity index is 0.000000156. The molecule has 0 amide bonds. The largest absolute Gasteiger partial charge is 0.379 e. The van der Waals surface area contributed by atoms with Gasteiger partial charge in [0.25, 0.3) is 5.56 Å². The quantitative estimate of drug-likeness (QED) is 0.781. The summed E-state index contributed by atoms with van der Waals surface area (Å²) >= 11 is 1.57. The highest BCUT2D eigenvalue weighted by Gasteiger charge is 2.16. The van der Waals surface area contributed by atoms with E-state index in [1.54, 1.807) is 11.5 Å². The van der Waals surface area contributed by atoms with Crippen molar-refractivity contribution in [1.82, 2.24) is 13.8 Å². The fourth-order valence-electron chi connectivity index (χ4n) is 3.23. The van der Waals surface area contributed by atoms with Crippen LogP contribution in [0.4, 0.5) is 0 Å². The number of benzene rings is 1. The Morgan fingerprint density at radius 1 is 0.963 bits per heavy atom. The molecule has 1 aromatic carbocycles. The number of unbranched alkanes of at least 4 members (excludes halogenated alkanes) is 1. The zero-order valence-electron chi connectivity index (χ0n) is 16.3. The summed E-state index contributed by atoms with van der Waals surface area (Å²) in [5.74, 6) is 0. The summed E-state index contributed by atoms with van der Waals surface area (Å²) in [5, 5.41) is 0.855. The first kappa shape index (κ1) is 20.5. The van der Waals surface area contributed by atoms with Crippen LogP contribution in [-0.4, -0.2) is 73.0 Å². The van der Waals surface area contributed by atoms with Crippen molar-refractivity contribution in [3.63, 3.8) is 0 Å². The van der Waals surface area contributed by atoms with Gasteiger partial charge in [0.05, 0.1) is 43.2 Å². The monoisotopic (exact) mass is 393 g/mol. The van der Waals surface area contributed by atoms with Crippen LogP contribution in [-0.2, 0) is 16.0 Å². The summed E-state index contributed by atoms with van der Waals surface area (Å²) in [7, 11) is 0. The van der Waals surface area contributed by atoms with Crippen LogP contribution in [0.5, 0.6) is 0 Å². The zero-order chi connectivity index (χ0) is 18.9. The highest BCUT2D eigenvalue weighted by atomic mass is 32.1. The number of aryl methyl sites for hydroxylation is 1. The van der Waals surface area contributed by atoms with Crippen LogP contribution in [0, 0.1) is 0 Å². The fraction of sp³-hybridized carbons (Fsp3) is 0.650. The lowest BCUT2D eigenvalue weighted by Gasteiger charge is -2.34. The topological polar surface area (TPSA) is 46.9 Å². The summed E-state index contributed by atoms with van der Waals surface area (Å²) in [6, 6.07) is 7.80. The Hall–Kier alpha value is -1.25. The fourth-order valence-corrected chi connectivity index (χ4v) is 4.27. The van der Waals surface area contributed by atoms with Crippen LogP contribution < -0.4 is 5.56 Å². The minimum absolute atomic E-state index is 0.166. The average Bonchev–Trinajstić information content (AvgIpc) is 3.04. The van der Waals surface area contributed by atoms with Gasteiger partial charge in [0.2, 0.25) is 0 Å². The molecule has 2 aliphatic heterocycles. The minimum Gasteiger partial charge on any atom is -0.379 e. The Labute approximate surface area is 165 Å². The molecule has 0 saturated carbocycles. The molecule has 2 aliphatic rings. The molecule has 4 rings (SSSR count). The maximum Gasteiger partial charge on any atom is 0.268 e. The first-order valence-corrected chi connectivity index (χ1v) is 10.7. The van der Waals surface area contributed by atoms with E-state index in [-0.39, 0.29) is 5.56 Å². The maximum absolute atomic E-state index is 11.8. The van der Waals surface area contributed by atoms with Gasteiger partial charge in [-0.1, -0.05) is 37.0 Å². The van der Waals surface area contributed by atoms with Gasteiger partial charge < -0.3 is 9.47 Å². The number of hydrogen-bond acceptors (Lipinski definition) is 6. The molecule has 0 atom stereocenters. The second kappa shape index (κ2) is 10.9. The molecular formula is C20H31N3O3S. The smallest absolute Gasteiger partial charge is 0.268 e. The van der Waals surface area contributed by atoms with Crippen LogP contribution in [0.15, 0.2) is 29.1 Å². The van der Waals surface area contributed by atoms with Gasteiger partial charge in [-0.25, -0.2) is 0 Å². The average molecular weight is 394 g/mol. The molecule has 0 radical (unpaired) electrons. The second-order valence-electron chi connectivity index (χ2n) is 6.95.